The first kappa shape index (κ1) is 26.4. The number of nitrogens with one attached hydrogen (secondary N) is 1. The van der Waals surface area contributed by atoms with E-state index in [1.54, 1.807) is 0 Å². The van der Waals surface area contributed by atoms with Crippen molar-refractivity contribution in [3.63, 3.8) is 0 Å². The summed E-state index contributed by atoms with van der Waals surface area (Å²) in [6, 6.07) is 0.670. The van der Waals surface area contributed by atoms with E-state index in [1.165, 1.54) is 6.92 Å². The van der Waals surface area contributed by atoms with Gasteiger partial charge >= 0.3 is 0 Å². The van der Waals surface area contributed by atoms with Gasteiger partial charge in [-0.25, -0.2) is 8.78 Å². The summed E-state index contributed by atoms with van der Waals surface area (Å²) in [7, 11) is 0. The average molecular weight is 489 g/mol. The summed E-state index contributed by atoms with van der Waals surface area (Å²) in [4.78, 5) is 12.8. The highest BCUT2D eigenvalue weighted by molar-refractivity contribution is 5.97. The number of fused-ring (bicyclic) bond motifs is 1. The van der Waals surface area contributed by atoms with Crippen LogP contribution in [0.1, 0.15) is 32.3 Å². The maximum Gasteiger partial charge on any atom is 0.247 e. The van der Waals surface area contributed by atoms with E-state index < -0.39 is 60.8 Å². The maximum atomic E-state index is 14.5. The first-order chi connectivity index (χ1) is 16.3. The molecule has 1 saturated carbocycles. The van der Waals surface area contributed by atoms with Crippen LogP contribution in [0, 0.1) is 11.6 Å². The molecule has 0 bridgehead atoms. The van der Waals surface area contributed by atoms with E-state index in [1.807, 2.05) is 6.92 Å². The molecule has 1 heterocycles. The van der Waals surface area contributed by atoms with Gasteiger partial charge in [0.05, 0.1) is 19.3 Å². The van der Waals surface area contributed by atoms with Gasteiger partial charge in [0, 0.05) is 30.2 Å². The molecule has 190 valence electrons. The molecule has 8 nitrogen and oxygen atoms in total. The molecular formula is C23H30F3NO7. The van der Waals surface area contributed by atoms with Crippen molar-refractivity contribution in [2.75, 3.05) is 26.7 Å². The van der Waals surface area contributed by atoms with Gasteiger partial charge in [0.25, 0.3) is 0 Å². The lowest BCUT2D eigenvalue weighted by molar-refractivity contribution is -0.169. The fourth-order valence-corrected chi connectivity index (χ4v) is 3.95. The largest absolute Gasteiger partial charge is 0.490 e. The van der Waals surface area contributed by atoms with Crippen LogP contribution >= 0.6 is 0 Å². The first-order valence-electron chi connectivity index (χ1n) is 11.2. The second-order valence-electron chi connectivity index (χ2n) is 8.22. The number of carbonyl (C=O) groups is 1. The van der Waals surface area contributed by atoms with Gasteiger partial charge in [0.2, 0.25) is 5.91 Å². The van der Waals surface area contributed by atoms with Crippen LogP contribution in [0.4, 0.5) is 13.2 Å². The average Bonchev–Trinajstić information content (AvgIpc) is 3.30. The highest BCUT2D eigenvalue weighted by Crippen LogP contribution is 2.32. The van der Waals surface area contributed by atoms with Crippen molar-refractivity contribution in [3.8, 4) is 5.75 Å². The summed E-state index contributed by atoms with van der Waals surface area (Å²) in [5, 5.41) is 23.7. The van der Waals surface area contributed by atoms with Gasteiger partial charge in [-0.15, -0.1) is 0 Å². The molecule has 3 rings (SSSR count). The molecule has 1 aromatic rings. The fourth-order valence-electron chi connectivity index (χ4n) is 3.95. The quantitative estimate of drug-likeness (QED) is 0.340. The molecule has 1 aliphatic heterocycles. The van der Waals surface area contributed by atoms with Crippen molar-refractivity contribution in [1.29, 1.82) is 0 Å². The van der Waals surface area contributed by atoms with Crippen LogP contribution in [0.3, 0.4) is 0 Å². The molecule has 3 N–H and O–H groups in total. The highest BCUT2D eigenvalue weighted by Gasteiger charge is 2.54. The Hall–Kier alpha value is -2.18. The Labute approximate surface area is 195 Å². The Balaban J connectivity index is 1.76. The second kappa shape index (κ2) is 12.0. The summed E-state index contributed by atoms with van der Waals surface area (Å²) in [6.07, 6.45) is -3.16. The molecule has 1 amide bonds. The minimum atomic E-state index is -1.41. The molecule has 0 aromatic heterocycles. The van der Waals surface area contributed by atoms with Crippen LogP contribution in [0.15, 0.2) is 17.7 Å². The molecule has 1 aliphatic carbocycles. The van der Waals surface area contributed by atoms with Gasteiger partial charge in [-0.05, 0) is 25.5 Å². The van der Waals surface area contributed by atoms with Gasteiger partial charge in [-0.1, -0.05) is 6.92 Å². The Morgan fingerprint density at radius 3 is 2.62 bits per heavy atom. The number of hydrogen-bond acceptors (Lipinski definition) is 7. The Morgan fingerprint density at radius 2 is 1.91 bits per heavy atom. The summed E-state index contributed by atoms with van der Waals surface area (Å²) < 4.78 is 62.6. The van der Waals surface area contributed by atoms with Crippen LogP contribution in [0.5, 0.6) is 5.75 Å². The molecule has 1 saturated heterocycles. The van der Waals surface area contributed by atoms with Gasteiger partial charge < -0.3 is 34.5 Å². The number of aliphatic hydroxyl groups is 2. The van der Waals surface area contributed by atoms with Crippen molar-refractivity contribution in [2.45, 2.75) is 63.3 Å². The van der Waals surface area contributed by atoms with Crippen LogP contribution in [0.2, 0.25) is 0 Å². The van der Waals surface area contributed by atoms with E-state index in [0.717, 1.165) is 18.2 Å². The summed E-state index contributed by atoms with van der Waals surface area (Å²) >= 11 is 0. The van der Waals surface area contributed by atoms with E-state index >= 15 is 0 Å². The molecule has 0 unspecified atom stereocenters. The Kier molecular flexibility index (Phi) is 9.31. The SMILES string of the molecule is CCCO[C@@H]1[C@H](NC(=O)/C(C)=C/c2cc(F)c(OCCCF)cc2F)[C@H](O)[C@@H](O)[C@H]2OCO[C@H]21. The van der Waals surface area contributed by atoms with Crippen molar-refractivity contribution in [3.05, 3.63) is 34.9 Å². The standard InChI is InChI=1S/C23H30F3NO7/c1-3-6-32-20-17(18(28)19(29)21-22(20)34-11-33-21)27-23(30)12(2)8-13-9-15(26)16(10-14(13)25)31-7-4-5-24/h8-10,17-22,28-29H,3-7,11H2,1-2H3,(H,27,30)/b12-8+/t17-,18+,19-,20-,21-,22+/m1/s1. The number of benzene rings is 1. The molecule has 6 atom stereocenters. The molecule has 2 aliphatic rings. The number of aliphatic hydroxyl groups excluding tert-OH is 2. The smallest absolute Gasteiger partial charge is 0.247 e. The van der Waals surface area contributed by atoms with Gasteiger partial charge in [-0.3, -0.25) is 9.18 Å². The molecular weight excluding hydrogens is 459 g/mol. The van der Waals surface area contributed by atoms with Crippen molar-refractivity contribution in [1.82, 2.24) is 5.32 Å². The maximum absolute atomic E-state index is 14.5. The minimum absolute atomic E-state index is 0.0195. The third kappa shape index (κ3) is 5.89. The van der Waals surface area contributed by atoms with Crippen molar-refractivity contribution < 1.29 is 47.1 Å². The number of rotatable bonds is 10. The van der Waals surface area contributed by atoms with Crippen molar-refractivity contribution in [2.24, 2.45) is 0 Å². The zero-order valence-corrected chi connectivity index (χ0v) is 19.0. The van der Waals surface area contributed by atoms with E-state index in [2.05, 4.69) is 5.32 Å². The third-order valence-corrected chi connectivity index (χ3v) is 5.71. The predicted octanol–water partition coefficient (Wildman–Crippen LogP) is 1.86. The lowest BCUT2D eigenvalue weighted by Gasteiger charge is -2.43. The van der Waals surface area contributed by atoms with E-state index in [-0.39, 0.29) is 36.7 Å². The third-order valence-electron chi connectivity index (χ3n) is 5.71. The van der Waals surface area contributed by atoms with Crippen molar-refractivity contribution >= 4 is 12.0 Å². The first-order valence-corrected chi connectivity index (χ1v) is 11.2. The number of hydrogen-bond donors (Lipinski definition) is 3. The molecule has 11 heteroatoms. The van der Waals surface area contributed by atoms with E-state index in [0.29, 0.717) is 13.0 Å². The van der Waals surface area contributed by atoms with E-state index in [4.69, 9.17) is 18.9 Å². The summed E-state index contributed by atoms with van der Waals surface area (Å²) in [5.74, 6) is -2.72. The molecule has 2 fully saturated rings. The number of amides is 1. The van der Waals surface area contributed by atoms with Crippen LogP contribution in [-0.4, -0.2) is 79.4 Å². The zero-order valence-electron chi connectivity index (χ0n) is 19.0. The Morgan fingerprint density at radius 1 is 1.18 bits per heavy atom. The monoisotopic (exact) mass is 489 g/mol. The summed E-state index contributed by atoms with van der Waals surface area (Å²) in [5.41, 5.74) is -0.176. The van der Waals surface area contributed by atoms with Gasteiger partial charge in [0.1, 0.15) is 43.1 Å². The molecule has 0 spiro atoms. The fraction of sp³-hybridized carbons (Fsp3) is 0.609. The molecule has 1 aromatic carbocycles. The predicted molar refractivity (Wildman–Crippen MR) is 115 cm³/mol. The Bertz CT molecular complexity index is 884. The normalized spacial score (nSPS) is 29.1. The number of ether oxygens (including phenoxy) is 4. The number of alkyl halides is 1. The van der Waals surface area contributed by atoms with Gasteiger partial charge in [0.15, 0.2) is 11.6 Å². The topological polar surface area (TPSA) is 106 Å². The van der Waals surface area contributed by atoms with E-state index in [9.17, 15) is 28.2 Å². The van der Waals surface area contributed by atoms with Crippen LogP contribution in [-0.2, 0) is 19.0 Å². The molecule has 0 radical (unpaired) electrons. The number of halogens is 3. The van der Waals surface area contributed by atoms with Crippen LogP contribution in [0.25, 0.3) is 6.08 Å². The lowest BCUT2D eigenvalue weighted by Crippen LogP contribution is -2.68. The minimum Gasteiger partial charge on any atom is -0.490 e. The lowest BCUT2D eigenvalue weighted by atomic mass is 9.82. The summed E-state index contributed by atoms with van der Waals surface area (Å²) in [6.45, 7) is 2.79. The van der Waals surface area contributed by atoms with Gasteiger partial charge in [-0.2, -0.15) is 0 Å². The second-order valence-corrected chi connectivity index (χ2v) is 8.22. The number of carbonyl (C=O) groups excluding carboxylic acids is 1. The molecule has 34 heavy (non-hydrogen) atoms. The zero-order chi connectivity index (χ0) is 24.8. The highest BCUT2D eigenvalue weighted by atomic mass is 19.1. The van der Waals surface area contributed by atoms with Crippen LogP contribution < -0.4 is 10.1 Å².